The van der Waals surface area contributed by atoms with E-state index >= 15 is 0 Å². The molecule has 0 aromatic rings. The molecule has 114 valence electrons. The van der Waals surface area contributed by atoms with Crippen LogP contribution >= 0.6 is 0 Å². The minimum atomic E-state index is -0.164. The van der Waals surface area contributed by atoms with Crippen molar-refractivity contribution in [3.05, 3.63) is 34.1 Å². The number of allylic oxidation sites excluding steroid dienone is 4. The van der Waals surface area contributed by atoms with Gasteiger partial charge in [0.15, 0.2) is 0 Å². The summed E-state index contributed by atoms with van der Waals surface area (Å²) in [7, 11) is 0. The molecule has 0 spiro atoms. The van der Waals surface area contributed by atoms with E-state index in [9.17, 15) is 4.79 Å². The van der Waals surface area contributed by atoms with Crippen molar-refractivity contribution in [2.24, 2.45) is 29.1 Å². The van der Waals surface area contributed by atoms with E-state index < -0.39 is 0 Å². The molecule has 0 aromatic heterocycles. The molecule has 0 saturated carbocycles. The second-order valence-corrected chi connectivity index (χ2v) is 7.47. The average molecular weight is 286 g/mol. The first-order valence-corrected chi connectivity index (χ1v) is 8.08. The lowest BCUT2D eigenvalue weighted by molar-refractivity contribution is -0.133. The van der Waals surface area contributed by atoms with E-state index in [2.05, 4.69) is 47.6 Å². The number of carbonyl (C=O) groups is 1. The van der Waals surface area contributed by atoms with Crippen molar-refractivity contribution < 1.29 is 9.53 Å². The Labute approximate surface area is 127 Å². The van der Waals surface area contributed by atoms with Crippen molar-refractivity contribution in [2.45, 2.75) is 48.5 Å². The molecular formula is C19H26O2. The molecule has 1 heterocycles. The predicted octanol–water partition coefficient (Wildman–Crippen LogP) is 4.64. The minimum absolute atomic E-state index is 0.0874. The standard InChI is InChI=1S/C19H26O2/c1-9-8-15-11(3)17-16(12(4)18(20)21-17)14(6)19(15,7)13(5)10(9)2/h8-10,13-14H,1-7H3. The van der Waals surface area contributed by atoms with Gasteiger partial charge < -0.3 is 4.74 Å². The number of hydrogen-bond donors (Lipinski definition) is 0. The molecule has 0 N–H and O–H groups in total. The van der Waals surface area contributed by atoms with Crippen LogP contribution in [-0.2, 0) is 9.53 Å². The Hall–Kier alpha value is -1.31. The lowest BCUT2D eigenvalue weighted by Gasteiger charge is -2.53. The largest absolute Gasteiger partial charge is 0.423 e. The van der Waals surface area contributed by atoms with Crippen molar-refractivity contribution in [3.8, 4) is 0 Å². The van der Waals surface area contributed by atoms with Gasteiger partial charge in [-0.1, -0.05) is 40.7 Å². The van der Waals surface area contributed by atoms with Gasteiger partial charge in [-0.15, -0.1) is 0 Å². The summed E-state index contributed by atoms with van der Waals surface area (Å²) in [6.45, 7) is 15.7. The highest BCUT2D eigenvalue weighted by Crippen LogP contribution is 2.60. The second-order valence-electron chi connectivity index (χ2n) is 7.47. The van der Waals surface area contributed by atoms with Crippen molar-refractivity contribution in [3.63, 3.8) is 0 Å². The zero-order valence-corrected chi connectivity index (χ0v) is 14.2. The van der Waals surface area contributed by atoms with Crippen LogP contribution in [0.2, 0.25) is 0 Å². The van der Waals surface area contributed by atoms with Gasteiger partial charge >= 0.3 is 5.97 Å². The number of esters is 1. The molecule has 5 atom stereocenters. The molecule has 3 rings (SSSR count). The Kier molecular flexibility index (Phi) is 3.02. The van der Waals surface area contributed by atoms with Crippen LogP contribution in [0.25, 0.3) is 0 Å². The number of ether oxygens (including phenoxy) is 1. The summed E-state index contributed by atoms with van der Waals surface area (Å²) in [4.78, 5) is 12.0. The number of fused-ring (bicyclic) bond motifs is 2. The highest BCUT2D eigenvalue weighted by Gasteiger charge is 2.53. The molecule has 0 bridgehead atoms. The van der Waals surface area contributed by atoms with Gasteiger partial charge in [-0.3, -0.25) is 0 Å². The summed E-state index contributed by atoms with van der Waals surface area (Å²) in [6, 6.07) is 0. The highest BCUT2D eigenvalue weighted by atomic mass is 16.5. The molecule has 5 unspecified atom stereocenters. The monoisotopic (exact) mass is 286 g/mol. The first-order chi connectivity index (χ1) is 9.71. The van der Waals surface area contributed by atoms with Crippen LogP contribution in [0.4, 0.5) is 0 Å². The van der Waals surface area contributed by atoms with E-state index in [4.69, 9.17) is 4.74 Å². The van der Waals surface area contributed by atoms with E-state index in [-0.39, 0.29) is 11.4 Å². The normalized spacial score (nSPS) is 42.6. The highest BCUT2D eigenvalue weighted by molar-refractivity contribution is 5.95. The summed E-state index contributed by atoms with van der Waals surface area (Å²) < 4.78 is 5.58. The van der Waals surface area contributed by atoms with Gasteiger partial charge in [-0.25, -0.2) is 4.79 Å². The van der Waals surface area contributed by atoms with Gasteiger partial charge in [0.25, 0.3) is 0 Å². The van der Waals surface area contributed by atoms with Gasteiger partial charge in [0.2, 0.25) is 0 Å². The van der Waals surface area contributed by atoms with E-state index in [1.807, 2.05) is 6.92 Å². The van der Waals surface area contributed by atoms with Crippen molar-refractivity contribution in [2.75, 3.05) is 0 Å². The molecule has 2 nitrogen and oxygen atoms in total. The molecule has 0 fully saturated rings. The third kappa shape index (κ3) is 1.62. The van der Waals surface area contributed by atoms with E-state index in [0.717, 1.165) is 16.9 Å². The fraction of sp³-hybridized carbons (Fsp3) is 0.632. The fourth-order valence-corrected chi connectivity index (χ4v) is 4.72. The Morgan fingerprint density at radius 2 is 1.71 bits per heavy atom. The Morgan fingerprint density at radius 3 is 2.33 bits per heavy atom. The third-order valence-electron chi connectivity index (χ3n) is 6.80. The van der Waals surface area contributed by atoms with Crippen LogP contribution in [0.5, 0.6) is 0 Å². The van der Waals surface area contributed by atoms with Gasteiger partial charge in [0, 0.05) is 16.6 Å². The van der Waals surface area contributed by atoms with Crippen LogP contribution in [0, 0.1) is 29.1 Å². The molecular weight excluding hydrogens is 260 g/mol. The van der Waals surface area contributed by atoms with Crippen molar-refractivity contribution in [1.82, 2.24) is 0 Å². The Morgan fingerprint density at radius 1 is 1.10 bits per heavy atom. The summed E-state index contributed by atoms with van der Waals surface area (Å²) in [5, 5.41) is 0. The van der Waals surface area contributed by atoms with E-state index in [0.29, 0.717) is 23.7 Å². The molecule has 3 aliphatic rings. The van der Waals surface area contributed by atoms with E-state index in [1.54, 1.807) is 0 Å². The number of hydrogen-bond acceptors (Lipinski definition) is 2. The first-order valence-electron chi connectivity index (χ1n) is 8.08. The fourth-order valence-electron chi connectivity index (χ4n) is 4.72. The van der Waals surface area contributed by atoms with Gasteiger partial charge in [-0.05, 0) is 48.7 Å². The van der Waals surface area contributed by atoms with Crippen LogP contribution in [0.1, 0.15) is 48.5 Å². The molecule has 1 aliphatic heterocycles. The maximum atomic E-state index is 12.0. The first kappa shape index (κ1) is 14.6. The summed E-state index contributed by atoms with van der Waals surface area (Å²) in [6.07, 6.45) is 2.42. The molecule has 21 heavy (non-hydrogen) atoms. The summed E-state index contributed by atoms with van der Waals surface area (Å²) in [5.74, 6) is 2.78. The smallest absolute Gasteiger partial charge is 0.339 e. The van der Waals surface area contributed by atoms with Gasteiger partial charge in [0.05, 0.1) is 0 Å². The summed E-state index contributed by atoms with van der Waals surface area (Å²) >= 11 is 0. The minimum Gasteiger partial charge on any atom is -0.423 e. The molecule has 0 amide bonds. The molecule has 2 heteroatoms. The van der Waals surface area contributed by atoms with Crippen LogP contribution in [0.3, 0.4) is 0 Å². The molecule has 0 aromatic carbocycles. The Balaban J connectivity index is 2.30. The predicted molar refractivity (Wildman–Crippen MR) is 84.3 cm³/mol. The SMILES string of the molecule is CC1=C2OC(=O)C(C)=C2C(C)C2(C)C1=CC(C)C(C)C2C. The topological polar surface area (TPSA) is 26.3 Å². The lowest BCUT2D eigenvalue weighted by atomic mass is 9.51. The molecule has 2 aliphatic carbocycles. The van der Waals surface area contributed by atoms with Gasteiger partial charge in [0.1, 0.15) is 5.76 Å². The van der Waals surface area contributed by atoms with E-state index in [1.165, 1.54) is 11.1 Å². The van der Waals surface area contributed by atoms with Gasteiger partial charge in [-0.2, -0.15) is 0 Å². The van der Waals surface area contributed by atoms with Crippen molar-refractivity contribution in [1.29, 1.82) is 0 Å². The van der Waals surface area contributed by atoms with Crippen LogP contribution < -0.4 is 0 Å². The zero-order valence-electron chi connectivity index (χ0n) is 14.2. The maximum Gasteiger partial charge on any atom is 0.339 e. The lowest BCUT2D eigenvalue weighted by Crippen LogP contribution is -2.45. The third-order valence-corrected chi connectivity index (χ3v) is 6.80. The van der Waals surface area contributed by atoms with Crippen molar-refractivity contribution >= 4 is 5.97 Å². The Bertz CT molecular complexity index is 619. The molecule has 0 radical (unpaired) electrons. The number of carbonyl (C=O) groups excluding carboxylic acids is 1. The molecule has 0 saturated heterocycles. The number of rotatable bonds is 0. The maximum absolute atomic E-state index is 12.0. The van der Waals surface area contributed by atoms with Crippen LogP contribution in [0.15, 0.2) is 34.1 Å². The van der Waals surface area contributed by atoms with Crippen LogP contribution in [-0.4, -0.2) is 5.97 Å². The zero-order chi connectivity index (χ0) is 15.7. The summed E-state index contributed by atoms with van der Waals surface area (Å²) in [5.41, 5.74) is 4.60. The average Bonchev–Trinajstić information content (AvgIpc) is 2.74. The second kappa shape index (κ2) is 4.34. The quantitative estimate of drug-likeness (QED) is 0.606.